The van der Waals surface area contributed by atoms with Gasteiger partial charge in [0.05, 0.1) is 28.9 Å². The molecule has 1 amide bonds. The van der Waals surface area contributed by atoms with E-state index < -0.39 is 36.0 Å². The Morgan fingerprint density at radius 1 is 1.14 bits per heavy atom. The van der Waals surface area contributed by atoms with Gasteiger partial charge in [-0.15, -0.1) is 0 Å². The molecule has 3 fully saturated rings. The fourth-order valence-electron chi connectivity index (χ4n) is 7.93. The van der Waals surface area contributed by atoms with Crippen molar-refractivity contribution in [3.05, 3.63) is 53.2 Å². The molecule has 1 saturated carbocycles. The maximum Gasteiger partial charge on any atom is 0.410 e. The van der Waals surface area contributed by atoms with Gasteiger partial charge in [0, 0.05) is 55.4 Å². The molecule has 2 aromatic heterocycles. The Kier molecular flexibility index (Phi) is 9.58. The number of carbonyl (C=O) groups is 1. The maximum atomic E-state index is 16.9. The summed E-state index contributed by atoms with van der Waals surface area (Å²) < 4.78 is 56.9. The van der Waals surface area contributed by atoms with Crippen LogP contribution in [0.15, 0.2) is 36.5 Å². The molecule has 2 bridgehead atoms. The number of amides is 1. The zero-order valence-electron chi connectivity index (χ0n) is 28.7. The molecule has 7 rings (SSSR count). The van der Waals surface area contributed by atoms with Gasteiger partial charge >= 0.3 is 12.1 Å². The predicted molar refractivity (Wildman–Crippen MR) is 187 cm³/mol. The van der Waals surface area contributed by atoms with Crippen LogP contribution in [0.5, 0.6) is 6.01 Å². The van der Waals surface area contributed by atoms with Crippen molar-refractivity contribution in [3.8, 4) is 23.3 Å². The van der Waals surface area contributed by atoms with E-state index >= 15 is 4.39 Å². The molecule has 4 heterocycles. The van der Waals surface area contributed by atoms with Gasteiger partial charge in [0.1, 0.15) is 41.7 Å². The first-order chi connectivity index (χ1) is 24.5. The summed E-state index contributed by atoms with van der Waals surface area (Å²) in [5.41, 5.74) is -0.567. The van der Waals surface area contributed by atoms with Crippen molar-refractivity contribution in [1.82, 2.24) is 24.8 Å². The van der Waals surface area contributed by atoms with Crippen molar-refractivity contribution in [2.24, 2.45) is 5.92 Å². The number of hydrogen-bond acceptors (Lipinski definition) is 9. The van der Waals surface area contributed by atoms with Gasteiger partial charge in [0.15, 0.2) is 5.82 Å². The molecule has 2 unspecified atom stereocenters. The number of nitrogens with zero attached hydrogens (tertiary/aromatic N) is 7. The van der Waals surface area contributed by atoms with Gasteiger partial charge in [-0.05, 0) is 57.4 Å². The first kappa shape index (κ1) is 35.0. The van der Waals surface area contributed by atoms with Crippen LogP contribution in [0.25, 0.3) is 32.9 Å². The average Bonchev–Trinajstić information content (AvgIpc) is 3.71. The molecular weight excluding hydrogens is 683 g/mol. The number of ether oxygens (including phenoxy) is 2. The van der Waals surface area contributed by atoms with Crippen LogP contribution in [0.3, 0.4) is 0 Å². The Morgan fingerprint density at radius 2 is 1.96 bits per heavy atom. The number of pyridine rings is 1. The van der Waals surface area contributed by atoms with Crippen LogP contribution in [-0.4, -0.2) is 94.0 Å². The molecule has 14 heteroatoms. The van der Waals surface area contributed by atoms with E-state index in [1.807, 2.05) is 4.90 Å². The van der Waals surface area contributed by atoms with Crippen LogP contribution in [0, 0.1) is 28.9 Å². The summed E-state index contributed by atoms with van der Waals surface area (Å²) in [7, 11) is 0. The third kappa shape index (κ3) is 6.71. The molecule has 2 aliphatic heterocycles. The van der Waals surface area contributed by atoms with Crippen molar-refractivity contribution in [3.63, 3.8) is 0 Å². The predicted octanol–water partition coefficient (Wildman–Crippen LogP) is 7.32. The molecule has 268 valence electrons. The lowest BCUT2D eigenvalue weighted by Crippen LogP contribution is -2.56. The van der Waals surface area contributed by atoms with Crippen molar-refractivity contribution < 1.29 is 27.4 Å². The molecule has 2 saturated heterocycles. The quantitative estimate of drug-likeness (QED) is 0.185. The second-order valence-electron chi connectivity index (χ2n) is 14.4. The van der Waals surface area contributed by atoms with E-state index in [4.69, 9.17) is 26.1 Å². The van der Waals surface area contributed by atoms with Gasteiger partial charge in [-0.1, -0.05) is 35.9 Å². The SMILES string of the molecule is CC(C)(C)OC(=O)N1CCN(c2nc(OC[C@@H]3C4CCC(C4)N3CCF)nc3c(F)c(-c4cccc5ccc(F)c(Cl)c45)ncc23)C[C@@H]1CC#N. The van der Waals surface area contributed by atoms with Crippen LogP contribution in [0.2, 0.25) is 5.02 Å². The van der Waals surface area contributed by atoms with Crippen LogP contribution in [0.1, 0.15) is 46.5 Å². The number of likely N-dealkylation sites (tertiary alicyclic amines) is 1. The second-order valence-corrected chi connectivity index (χ2v) is 14.8. The van der Waals surface area contributed by atoms with E-state index in [1.54, 1.807) is 49.9 Å². The monoisotopic (exact) mass is 721 g/mol. The summed E-state index contributed by atoms with van der Waals surface area (Å²) in [6, 6.07) is 9.78. The molecule has 51 heavy (non-hydrogen) atoms. The number of rotatable bonds is 8. The van der Waals surface area contributed by atoms with E-state index in [2.05, 4.69) is 20.9 Å². The molecule has 0 N–H and O–H groups in total. The fourth-order valence-corrected chi connectivity index (χ4v) is 8.21. The Morgan fingerprint density at radius 3 is 2.73 bits per heavy atom. The highest BCUT2D eigenvalue weighted by atomic mass is 35.5. The summed E-state index contributed by atoms with van der Waals surface area (Å²) in [5.74, 6) is -0.722. The minimum Gasteiger partial charge on any atom is -0.462 e. The maximum absolute atomic E-state index is 16.9. The van der Waals surface area contributed by atoms with Gasteiger partial charge in [-0.3, -0.25) is 9.88 Å². The van der Waals surface area contributed by atoms with Crippen LogP contribution < -0.4 is 9.64 Å². The van der Waals surface area contributed by atoms with Gasteiger partial charge in [0.2, 0.25) is 0 Å². The summed E-state index contributed by atoms with van der Waals surface area (Å²) in [6.45, 7) is 6.12. The van der Waals surface area contributed by atoms with Gasteiger partial charge < -0.3 is 19.3 Å². The largest absolute Gasteiger partial charge is 0.462 e. The number of alkyl halides is 1. The summed E-state index contributed by atoms with van der Waals surface area (Å²) in [6.07, 6.45) is 4.03. The zero-order valence-corrected chi connectivity index (χ0v) is 29.5. The number of piperazine rings is 1. The minimum atomic E-state index is -0.770. The number of benzene rings is 2. The number of fused-ring (bicyclic) bond motifs is 4. The standard InChI is InChI=1S/C37H39ClF3N7O3/c1-37(2,3)51-36(49)48-16-15-46(19-24(48)11-13-42)34-26-18-43-32(25-6-4-5-21-8-10-27(40)30(38)29(21)25)31(41)33(26)44-35(45-34)50-20-28-22-7-9-23(17-22)47(28)14-12-39/h4-6,8,10,18,22-24,28H,7,9,11-12,14-17,19-20H2,1-3H3/t22?,23?,24-,28+/m0/s1. The van der Waals surface area contributed by atoms with Gasteiger partial charge in [-0.2, -0.15) is 15.2 Å². The number of halogens is 4. The van der Waals surface area contributed by atoms with Gasteiger partial charge in [0.25, 0.3) is 0 Å². The molecule has 4 atom stereocenters. The van der Waals surface area contributed by atoms with E-state index in [-0.39, 0.29) is 54.4 Å². The number of piperidine rings is 1. The first-order valence-corrected chi connectivity index (χ1v) is 17.6. The Hall–Kier alpha value is -4.41. The normalized spacial score (nSPS) is 22.2. The van der Waals surface area contributed by atoms with E-state index in [0.29, 0.717) is 52.6 Å². The Labute approximate surface area is 299 Å². The summed E-state index contributed by atoms with van der Waals surface area (Å²) in [4.78, 5) is 32.5. The lowest BCUT2D eigenvalue weighted by Gasteiger charge is -2.41. The molecule has 3 aliphatic rings. The highest BCUT2D eigenvalue weighted by Crippen LogP contribution is 2.43. The number of carbonyl (C=O) groups excluding carboxylic acids is 1. The summed E-state index contributed by atoms with van der Waals surface area (Å²) >= 11 is 6.41. The Balaban J connectivity index is 1.29. The molecular formula is C37H39ClF3N7O3. The molecule has 1 aliphatic carbocycles. The number of aromatic nitrogens is 3. The second kappa shape index (κ2) is 14.0. The van der Waals surface area contributed by atoms with E-state index in [1.165, 1.54) is 12.3 Å². The van der Waals surface area contributed by atoms with Crippen molar-refractivity contribution in [2.45, 2.75) is 70.2 Å². The third-order valence-corrected chi connectivity index (χ3v) is 10.6. The third-order valence-electron chi connectivity index (χ3n) is 10.2. The summed E-state index contributed by atoms with van der Waals surface area (Å²) in [5, 5.41) is 10.8. The van der Waals surface area contributed by atoms with Crippen molar-refractivity contribution >= 4 is 45.2 Å². The van der Waals surface area contributed by atoms with Crippen LogP contribution in [0.4, 0.5) is 23.8 Å². The fraction of sp³-hybridized carbons (Fsp3) is 0.486. The number of nitriles is 1. The number of hydrogen-bond donors (Lipinski definition) is 0. The highest BCUT2D eigenvalue weighted by molar-refractivity contribution is 6.36. The molecule has 0 spiro atoms. The Bertz CT molecular complexity index is 2020. The van der Waals surface area contributed by atoms with Gasteiger partial charge in [-0.25, -0.2) is 18.0 Å². The van der Waals surface area contributed by atoms with E-state index in [0.717, 1.165) is 19.3 Å². The topological polar surface area (TPSA) is 108 Å². The van der Waals surface area contributed by atoms with Crippen molar-refractivity contribution in [2.75, 3.05) is 44.4 Å². The molecule has 2 aromatic carbocycles. The molecule has 0 radical (unpaired) electrons. The first-order valence-electron chi connectivity index (χ1n) is 17.3. The highest BCUT2D eigenvalue weighted by Gasteiger charge is 2.46. The minimum absolute atomic E-state index is 0.0230. The smallest absolute Gasteiger partial charge is 0.410 e. The zero-order chi connectivity index (χ0) is 36.0. The van der Waals surface area contributed by atoms with E-state index in [9.17, 15) is 18.8 Å². The molecule has 4 aromatic rings. The number of anilines is 1. The average molecular weight is 722 g/mol. The van der Waals surface area contributed by atoms with Crippen LogP contribution >= 0.6 is 11.6 Å². The molecule has 10 nitrogen and oxygen atoms in total. The van der Waals surface area contributed by atoms with Crippen LogP contribution in [-0.2, 0) is 4.74 Å². The lowest BCUT2D eigenvalue weighted by molar-refractivity contribution is 0.0145. The lowest BCUT2D eigenvalue weighted by atomic mass is 9.99. The van der Waals surface area contributed by atoms with Crippen molar-refractivity contribution in [1.29, 1.82) is 5.26 Å².